The number of nitrogens with one attached hydrogen (secondary N) is 2. The van der Waals surface area contributed by atoms with Crippen molar-refractivity contribution in [3.05, 3.63) is 26.6 Å². The summed E-state index contributed by atoms with van der Waals surface area (Å²) in [6, 6.07) is 4.21. The molecule has 1 aromatic rings. The molecule has 0 unspecified atom stereocenters. The molecule has 0 spiro atoms. The van der Waals surface area contributed by atoms with E-state index in [2.05, 4.69) is 61.5 Å². The lowest BCUT2D eigenvalue weighted by Gasteiger charge is -2.11. The molecule has 0 aromatic heterocycles. The second-order valence-electron chi connectivity index (χ2n) is 4.21. The van der Waals surface area contributed by atoms with E-state index in [0.29, 0.717) is 6.61 Å². The zero-order valence-corrected chi connectivity index (χ0v) is 14.7. The van der Waals surface area contributed by atoms with Gasteiger partial charge in [-0.2, -0.15) is 0 Å². The van der Waals surface area contributed by atoms with Crippen molar-refractivity contribution >= 4 is 31.9 Å². The number of hydrogen-bond donors (Lipinski definition) is 2. The number of benzene rings is 1. The van der Waals surface area contributed by atoms with Gasteiger partial charge in [-0.05, 0) is 82.5 Å². The third-order valence-electron chi connectivity index (χ3n) is 2.63. The molecule has 0 fully saturated rings. The van der Waals surface area contributed by atoms with Gasteiger partial charge >= 0.3 is 0 Å². The van der Waals surface area contributed by atoms with Gasteiger partial charge in [0.25, 0.3) is 0 Å². The molecule has 0 atom stereocenters. The van der Waals surface area contributed by atoms with Crippen LogP contribution in [0.15, 0.2) is 21.1 Å². The van der Waals surface area contributed by atoms with Crippen LogP contribution < -0.4 is 15.4 Å². The van der Waals surface area contributed by atoms with Crippen molar-refractivity contribution in [1.82, 2.24) is 10.6 Å². The summed E-state index contributed by atoms with van der Waals surface area (Å²) in [5.41, 5.74) is 1.24. The van der Waals surface area contributed by atoms with Gasteiger partial charge < -0.3 is 15.4 Å². The molecule has 0 amide bonds. The standard InChI is InChI=1S/C14H22Br2N2O/c1-3-17-6-5-7-18-10-11-8-12(15)14(19-4-2)13(16)9-11/h8-9,17-18H,3-7,10H2,1-2H3. The van der Waals surface area contributed by atoms with Crippen molar-refractivity contribution in [2.75, 3.05) is 26.2 Å². The Hall–Kier alpha value is -0.100. The molecule has 108 valence electrons. The highest BCUT2D eigenvalue weighted by Crippen LogP contribution is 2.34. The molecule has 1 rings (SSSR count). The first-order valence-corrected chi connectivity index (χ1v) is 8.29. The Bertz CT molecular complexity index is 363. The maximum atomic E-state index is 5.57. The van der Waals surface area contributed by atoms with Crippen LogP contribution in [0.5, 0.6) is 5.75 Å². The predicted octanol–water partition coefficient (Wildman–Crippen LogP) is 3.70. The van der Waals surface area contributed by atoms with Gasteiger partial charge in [-0.3, -0.25) is 0 Å². The van der Waals surface area contributed by atoms with E-state index in [0.717, 1.165) is 47.3 Å². The molecular formula is C14H22Br2N2O. The van der Waals surface area contributed by atoms with Gasteiger partial charge in [-0.25, -0.2) is 0 Å². The molecule has 0 aliphatic carbocycles. The number of ether oxygens (including phenoxy) is 1. The molecule has 3 nitrogen and oxygen atoms in total. The van der Waals surface area contributed by atoms with E-state index in [1.165, 1.54) is 5.56 Å². The Morgan fingerprint density at radius 2 is 1.68 bits per heavy atom. The fourth-order valence-electron chi connectivity index (χ4n) is 1.74. The second-order valence-corrected chi connectivity index (χ2v) is 5.91. The van der Waals surface area contributed by atoms with Gasteiger partial charge in [0.1, 0.15) is 5.75 Å². The summed E-state index contributed by atoms with van der Waals surface area (Å²) < 4.78 is 7.56. The number of rotatable bonds is 9. The molecular weight excluding hydrogens is 372 g/mol. The summed E-state index contributed by atoms with van der Waals surface area (Å²) in [4.78, 5) is 0. The minimum atomic E-state index is 0.666. The molecule has 0 bridgehead atoms. The van der Waals surface area contributed by atoms with Crippen LogP contribution in [0, 0.1) is 0 Å². The predicted molar refractivity (Wildman–Crippen MR) is 87.9 cm³/mol. The lowest BCUT2D eigenvalue weighted by atomic mass is 10.2. The summed E-state index contributed by atoms with van der Waals surface area (Å²) in [7, 11) is 0. The zero-order chi connectivity index (χ0) is 14.1. The van der Waals surface area contributed by atoms with Crippen LogP contribution >= 0.6 is 31.9 Å². The van der Waals surface area contributed by atoms with Crippen molar-refractivity contribution in [1.29, 1.82) is 0 Å². The van der Waals surface area contributed by atoms with Crippen LogP contribution in [0.2, 0.25) is 0 Å². The molecule has 1 aromatic carbocycles. The van der Waals surface area contributed by atoms with E-state index >= 15 is 0 Å². The molecule has 0 radical (unpaired) electrons. The first-order valence-electron chi connectivity index (χ1n) is 6.71. The van der Waals surface area contributed by atoms with E-state index in [4.69, 9.17) is 4.74 Å². The monoisotopic (exact) mass is 392 g/mol. The minimum absolute atomic E-state index is 0.666. The van der Waals surface area contributed by atoms with Crippen LogP contribution in [0.4, 0.5) is 0 Å². The Kier molecular flexibility index (Phi) is 8.70. The lowest BCUT2D eigenvalue weighted by Crippen LogP contribution is -2.21. The first-order chi connectivity index (χ1) is 9.19. The van der Waals surface area contributed by atoms with E-state index < -0.39 is 0 Å². The first kappa shape index (κ1) is 17.0. The Labute approximate surface area is 132 Å². The van der Waals surface area contributed by atoms with E-state index in [1.54, 1.807) is 0 Å². The fraction of sp³-hybridized carbons (Fsp3) is 0.571. The van der Waals surface area contributed by atoms with Crippen molar-refractivity contribution < 1.29 is 4.74 Å². The van der Waals surface area contributed by atoms with Crippen LogP contribution in [0.25, 0.3) is 0 Å². The van der Waals surface area contributed by atoms with Crippen molar-refractivity contribution in [3.63, 3.8) is 0 Å². The van der Waals surface area contributed by atoms with E-state index in [-0.39, 0.29) is 0 Å². The third-order valence-corrected chi connectivity index (χ3v) is 3.81. The number of halogens is 2. The van der Waals surface area contributed by atoms with Crippen LogP contribution in [-0.2, 0) is 6.54 Å². The summed E-state index contributed by atoms with van der Waals surface area (Å²) in [5, 5.41) is 6.76. The van der Waals surface area contributed by atoms with Gasteiger partial charge in [0.05, 0.1) is 15.6 Å². The summed E-state index contributed by atoms with van der Waals surface area (Å²) >= 11 is 7.10. The van der Waals surface area contributed by atoms with E-state index in [1.807, 2.05) is 6.92 Å². The number of hydrogen-bond acceptors (Lipinski definition) is 3. The highest BCUT2D eigenvalue weighted by molar-refractivity contribution is 9.11. The van der Waals surface area contributed by atoms with Crippen LogP contribution in [0.3, 0.4) is 0 Å². The summed E-state index contributed by atoms with van der Waals surface area (Å²) in [5.74, 6) is 0.874. The molecule has 0 aliphatic heterocycles. The highest BCUT2D eigenvalue weighted by Gasteiger charge is 2.08. The van der Waals surface area contributed by atoms with Crippen molar-refractivity contribution in [2.24, 2.45) is 0 Å². The highest BCUT2D eigenvalue weighted by atomic mass is 79.9. The van der Waals surface area contributed by atoms with Crippen molar-refractivity contribution in [3.8, 4) is 5.75 Å². The Morgan fingerprint density at radius 3 is 2.26 bits per heavy atom. The Morgan fingerprint density at radius 1 is 1.05 bits per heavy atom. The molecule has 19 heavy (non-hydrogen) atoms. The quantitative estimate of drug-likeness (QED) is 0.627. The average Bonchev–Trinajstić information content (AvgIpc) is 2.38. The molecule has 0 saturated heterocycles. The van der Waals surface area contributed by atoms with Gasteiger partial charge in [-0.1, -0.05) is 6.92 Å². The molecule has 0 saturated carbocycles. The largest absolute Gasteiger partial charge is 0.492 e. The summed E-state index contributed by atoms with van der Waals surface area (Å²) in [6.07, 6.45) is 1.15. The van der Waals surface area contributed by atoms with Gasteiger partial charge in [0.15, 0.2) is 0 Å². The van der Waals surface area contributed by atoms with Gasteiger partial charge in [0, 0.05) is 6.54 Å². The average molecular weight is 394 g/mol. The van der Waals surface area contributed by atoms with E-state index in [9.17, 15) is 0 Å². The van der Waals surface area contributed by atoms with Crippen LogP contribution in [0.1, 0.15) is 25.8 Å². The summed E-state index contributed by atoms with van der Waals surface area (Å²) in [6.45, 7) is 8.78. The SMILES string of the molecule is CCNCCCNCc1cc(Br)c(OCC)c(Br)c1. The second kappa shape index (κ2) is 9.75. The zero-order valence-electron chi connectivity index (χ0n) is 11.6. The van der Waals surface area contributed by atoms with Gasteiger partial charge in [0.2, 0.25) is 0 Å². The molecule has 5 heteroatoms. The Balaban J connectivity index is 2.42. The fourth-order valence-corrected chi connectivity index (χ4v) is 3.25. The molecule has 2 N–H and O–H groups in total. The minimum Gasteiger partial charge on any atom is -0.492 e. The maximum absolute atomic E-state index is 5.57. The van der Waals surface area contributed by atoms with Crippen molar-refractivity contribution in [2.45, 2.75) is 26.8 Å². The molecule has 0 heterocycles. The topological polar surface area (TPSA) is 33.3 Å². The third kappa shape index (κ3) is 6.25. The smallest absolute Gasteiger partial charge is 0.147 e. The van der Waals surface area contributed by atoms with Crippen LogP contribution in [-0.4, -0.2) is 26.2 Å². The normalized spacial score (nSPS) is 10.7. The molecule has 0 aliphatic rings. The lowest BCUT2D eigenvalue weighted by molar-refractivity contribution is 0.336. The van der Waals surface area contributed by atoms with Gasteiger partial charge in [-0.15, -0.1) is 0 Å². The maximum Gasteiger partial charge on any atom is 0.147 e.